The largest absolute Gasteiger partial charge is 0.423 e. The lowest BCUT2D eigenvalue weighted by Crippen LogP contribution is -2.50. The molecule has 0 spiro atoms. The van der Waals surface area contributed by atoms with E-state index in [1.807, 2.05) is 0 Å². The first-order valence-corrected chi connectivity index (χ1v) is 28.0. The maximum atomic E-state index is 15.4. The summed E-state index contributed by atoms with van der Waals surface area (Å²) in [7, 11) is 1.25. The van der Waals surface area contributed by atoms with Crippen molar-refractivity contribution in [2.75, 3.05) is 78.2 Å². The Balaban J connectivity index is 0.970. The zero-order valence-electron chi connectivity index (χ0n) is 45.3. The first kappa shape index (κ1) is 58.5. The number of amides is 1. The van der Waals surface area contributed by atoms with Crippen molar-refractivity contribution in [3.05, 3.63) is 79.0 Å². The van der Waals surface area contributed by atoms with Gasteiger partial charge in [-0.2, -0.15) is 59.6 Å². The van der Waals surface area contributed by atoms with Crippen LogP contribution in [0, 0.1) is 20.8 Å². The smallest absolute Gasteiger partial charge is 0.378 e. The molecule has 1 unspecified atom stereocenters. The van der Waals surface area contributed by atoms with E-state index in [2.05, 4.69) is 76.5 Å². The number of thiazole rings is 3. The molecule has 0 aromatic carbocycles. The van der Waals surface area contributed by atoms with Crippen LogP contribution in [0.25, 0.3) is 0 Å². The molecule has 1 amide bonds. The molecule has 7 aromatic heterocycles. The summed E-state index contributed by atoms with van der Waals surface area (Å²) in [5.74, 6) is -3.13. The quantitative estimate of drug-likeness (QED) is 0.0501. The van der Waals surface area contributed by atoms with Crippen molar-refractivity contribution in [2.45, 2.75) is 103 Å². The third-order valence-corrected chi connectivity index (χ3v) is 17.3. The van der Waals surface area contributed by atoms with Gasteiger partial charge >= 0.3 is 18.5 Å². The molecule has 0 radical (unpaired) electrons. The van der Waals surface area contributed by atoms with E-state index in [1.165, 1.54) is 40.7 Å². The molecule has 1 aliphatic carbocycles. The summed E-state index contributed by atoms with van der Waals surface area (Å²) in [6.07, 6.45) is -9.55. The first-order valence-electron chi connectivity index (χ1n) is 25.5. The Bertz CT molecular complexity index is 3580. The number of aromatic nitrogens is 12. The number of rotatable bonds is 18. The summed E-state index contributed by atoms with van der Waals surface area (Å²) in [6.45, 7) is 12.6. The molecule has 9 heterocycles. The van der Waals surface area contributed by atoms with Gasteiger partial charge in [0, 0.05) is 45.2 Å². The van der Waals surface area contributed by atoms with Crippen LogP contribution in [0.2, 0.25) is 0 Å². The van der Waals surface area contributed by atoms with E-state index < -0.39 is 75.9 Å². The Morgan fingerprint density at radius 3 is 1.96 bits per heavy atom. The first-order chi connectivity index (χ1) is 39.2. The molecular weight excluding hydrogens is 1170 g/mol. The number of nitrogens with zero attached hydrogens (tertiary/aromatic N) is 16. The van der Waals surface area contributed by atoms with Crippen molar-refractivity contribution >= 4 is 96.6 Å². The van der Waals surface area contributed by atoms with Crippen LogP contribution in [0.1, 0.15) is 111 Å². The van der Waals surface area contributed by atoms with Crippen LogP contribution in [-0.4, -0.2) is 128 Å². The van der Waals surface area contributed by atoms with Crippen molar-refractivity contribution in [1.29, 1.82) is 0 Å². The zero-order valence-corrected chi connectivity index (χ0v) is 47.8. The van der Waals surface area contributed by atoms with Gasteiger partial charge in [0.1, 0.15) is 84.5 Å². The molecule has 35 heteroatoms. The topological polar surface area (TPSA) is 255 Å². The minimum absolute atomic E-state index is 0.0413. The minimum Gasteiger partial charge on any atom is -0.378 e. The van der Waals surface area contributed by atoms with Crippen LogP contribution >= 0.6 is 34.0 Å². The third kappa shape index (κ3) is 11.8. The summed E-state index contributed by atoms with van der Waals surface area (Å²) in [5, 5.41) is 22.8. The maximum absolute atomic E-state index is 15.4. The number of carbonyl (C=O) groups is 1. The summed E-state index contributed by atoms with van der Waals surface area (Å²) in [6, 6.07) is 0. The number of halogens is 9. The summed E-state index contributed by atoms with van der Waals surface area (Å²) >= 11 is 3.03. The highest BCUT2D eigenvalue weighted by molar-refractivity contribution is 7.17. The fourth-order valence-electron chi connectivity index (χ4n) is 9.17. The Hall–Kier alpha value is -7.66. The average Bonchev–Trinajstić information content (AvgIpc) is 2.88. The van der Waals surface area contributed by atoms with Gasteiger partial charge in [-0.15, -0.1) is 0 Å². The van der Waals surface area contributed by atoms with Gasteiger partial charge in [0.05, 0.1) is 47.2 Å². The molecule has 1 saturated heterocycles. The predicted octanol–water partition coefficient (Wildman–Crippen LogP) is 10.0. The lowest BCUT2D eigenvalue weighted by Gasteiger charge is -2.40. The standard InChI is InChI=1S/C48H52F9N21O2S3/c1-9-61-32-28(47(52,53)54)27(67-42(70-32)73-34-22(2)64-37(81-34)38(79)75-12-14-80-15-13-75)16-45(7,77-20-59-18-63-77)40-66-24(4)36(83-40)74-43-69-31(58-8)29(48(55,56)57)33(71-43)76-19-60-21-78(76)44(5,6)39-65-23(3)35(82-39)72-41-62-17-26(46(49,50)51)30(68-41)25-10-11-25/h17-18,20-21,25H,9-16,19H2,1-8H3,(H,62,68,72)(H2,58,69,71,74)(H2,61,67,70,73). The molecule has 0 bridgehead atoms. The molecule has 1 saturated carbocycles. The number of aryl methyl sites for hydroxylation is 3. The third-order valence-electron chi connectivity index (χ3n) is 13.6. The summed E-state index contributed by atoms with van der Waals surface area (Å²) < 4.78 is 141. The Labute approximate surface area is 478 Å². The number of ether oxygens (including phenoxy) is 1. The van der Waals surface area contributed by atoms with Gasteiger partial charge in [0.25, 0.3) is 5.91 Å². The number of anilines is 9. The molecule has 2 fully saturated rings. The van der Waals surface area contributed by atoms with E-state index in [1.54, 1.807) is 53.4 Å². The van der Waals surface area contributed by atoms with E-state index in [0.29, 0.717) is 65.5 Å². The van der Waals surface area contributed by atoms with E-state index in [-0.39, 0.29) is 69.3 Å². The van der Waals surface area contributed by atoms with Crippen LogP contribution in [-0.2, 0) is 40.8 Å². The number of nitrogens with one attached hydrogen (secondary N) is 5. The van der Waals surface area contributed by atoms with E-state index in [4.69, 9.17) is 14.7 Å². The Morgan fingerprint density at radius 2 is 1.35 bits per heavy atom. The Morgan fingerprint density at radius 1 is 0.735 bits per heavy atom. The number of alkyl halides is 9. The summed E-state index contributed by atoms with van der Waals surface area (Å²) in [4.78, 5) is 62.9. The van der Waals surface area contributed by atoms with Gasteiger partial charge in [0.15, 0.2) is 10.8 Å². The van der Waals surface area contributed by atoms with Gasteiger partial charge in [-0.05, 0) is 61.3 Å². The molecule has 3 aliphatic rings. The molecule has 23 nitrogen and oxygen atoms in total. The van der Waals surface area contributed by atoms with Crippen LogP contribution in [0.4, 0.5) is 89.8 Å². The van der Waals surface area contributed by atoms with Crippen molar-refractivity contribution in [1.82, 2.24) is 69.5 Å². The summed E-state index contributed by atoms with van der Waals surface area (Å²) in [5.41, 5.74) is -5.75. The van der Waals surface area contributed by atoms with E-state index in [9.17, 15) is 18.0 Å². The van der Waals surface area contributed by atoms with Gasteiger partial charge in [-0.3, -0.25) is 14.8 Å². The van der Waals surface area contributed by atoms with Crippen molar-refractivity contribution in [2.24, 2.45) is 4.99 Å². The molecule has 442 valence electrons. The Kier molecular flexibility index (Phi) is 15.6. The van der Waals surface area contributed by atoms with Crippen molar-refractivity contribution in [3.8, 4) is 0 Å². The number of carbonyl (C=O) groups excluding carboxylic acids is 1. The maximum Gasteiger partial charge on any atom is 0.423 e. The molecule has 10 rings (SSSR count). The fourth-order valence-corrected chi connectivity index (χ4v) is 12.2. The number of hydrogen-bond acceptors (Lipinski definition) is 24. The van der Waals surface area contributed by atoms with E-state index in [0.717, 1.165) is 40.2 Å². The second-order valence-corrected chi connectivity index (χ2v) is 23.0. The minimum atomic E-state index is -5.05. The van der Waals surface area contributed by atoms with E-state index >= 15 is 26.3 Å². The fraction of sp³-hybridized carbons (Fsp3) is 0.479. The second kappa shape index (κ2) is 22.2. The molecular formula is C48H52F9N21O2S3. The normalized spacial score (nSPS) is 15.9. The highest BCUT2D eigenvalue weighted by atomic mass is 32.1. The van der Waals surface area contributed by atoms with Gasteiger partial charge in [-0.1, -0.05) is 34.0 Å². The SMILES string of the molecule is CCNc1nc(Nc2sc(C(=O)N3CCOCC3)nc2C)nc(CC(C)(c2nc(C)c(Nc3nc(NC)c(C(F)(F)F)c(N4CN=CN4C(C)(C)c4nc(C)c(Nc5ncc(C(F)(F)F)c(C6CC6)n5)s4)n3)s2)n2cncn2)c1C(F)(F)F. The molecule has 83 heavy (non-hydrogen) atoms. The number of hydrogen-bond donors (Lipinski definition) is 5. The van der Waals surface area contributed by atoms with Gasteiger partial charge < -0.3 is 36.2 Å². The number of morpholine rings is 1. The number of hydrazine groups is 1. The monoisotopic (exact) mass is 1220 g/mol. The molecule has 5 N–H and O–H groups in total. The highest BCUT2D eigenvalue weighted by Gasteiger charge is 2.47. The average molecular weight is 1220 g/mol. The van der Waals surface area contributed by atoms with Crippen molar-refractivity contribution in [3.63, 3.8) is 0 Å². The zero-order chi connectivity index (χ0) is 59.6. The van der Waals surface area contributed by atoms with Gasteiger partial charge in [-0.25, -0.2) is 44.6 Å². The molecule has 2 aliphatic heterocycles. The molecule has 1 atom stereocenters. The van der Waals surface area contributed by atoms with Crippen LogP contribution in [0.15, 0.2) is 23.8 Å². The lowest BCUT2D eigenvalue weighted by atomic mass is 9.94. The van der Waals surface area contributed by atoms with Crippen LogP contribution < -0.4 is 31.6 Å². The number of aliphatic imine (C=N–C) groups is 1. The van der Waals surface area contributed by atoms with Crippen molar-refractivity contribution < 1.29 is 49.0 Å². The molecule has 7 aromatic rings. The second-order valence-electron chi connectivity index (χ2n) is 20.0. The van der Waals surface area contributed by atoms with Crippen LogP contribution in [0.3, 0.4) is 0 Å². The highest BCUT2D eigenvalue weighted by Crippen LogP contribution is 2.48. The lowest BCUT2D eigenvalue weighted by molar-refractivity contribution is -0.139. The van der Waals surface area contributed by atoms with Crippen LogP contribution in [0.5, 0.6) is 0 Å². The predicted molar refractivity (Wildman–Crippen MR) is 291 cm³/mol. The van der Waals surface area contributed by atoms with Gasteiger partial charge in [0.2, 0.25) is 17.8 Å².